The minimum absolute atomic E-state index is 0.210. The summed E-state index contributed by atoms with van der Waals surface area (Å²) in [6.45, 7) is 1.49. The number of carbonyl (C=O) groups excluding carboxylic acids is 1. The molecule has 1 aromatic heterocycles. The molecule has 5 nitrogen and oxygen atoms in total. The predicted molar refractivity (Wildman–Crippen MR) is 65.2 cm³/mol. The fourth-order valence-corrected chi connectivity index (χ4v) is 2.51. The highest BCUT2D eigenvalue weighted by Crippen LogP contribution is 2.27. The van der Waals surface area contributed by atoms with Gasteiger partial charge in [0.1, 0.15) is 0 Å². The summed E-state index contributed by atoms with van der Waals surface area (Å²) in [4.78, 5) is 11.6. The van der Waals surface area contributed by atoms with E-state index in [9.17, 15) is 4.79 Å². The van der Waals surface area contributed by atoms with Crippen LogP contribution in [0.3, 0.4) is 0 Å². The lowest BCUT2D eigenvalue weighted by atomic mass is 9.81. The molecule has 1 aromatic rings. The van der Waals surface area contributed by atoms with Crippen LogP contribution in [-0.2, 0) is 11.3 Å². The fraction of sp³-hybridized carbons (Fsp3) is 0.667. The Morgan fingerprint density at radius 2 is 2.18 bits per heavy atom. The van der Waals surface area contributed by atoms with Crippen LogP contribution in [0.1, 0.15) is 32.1 Å². The number of nitrogens with two attached hydrogens (primary N) is 1. The van der Waals surface area contributed by atoms with Crippen molar-refractivity contribution in [3.63, 3.8) is 0 Å². The molecular formula is C12H20N4O. The van der Waals surface area contributed by atoms with E-state index in [4.69, 9.17) is 5.73 Å². The minimum Gasteiger partial charge on any atom is -0.368 e. The lowest BCUT2D eigenvalue weighted by Crippen LogP contribution is -2.57. The van der Waals surface area contributed by atoms with E-state index in [0.717, 1.165) is 38.8 Å². The normalized spacial score (nSPS) is 19.1. The summed E-state index contributed by atoms with van der Waals surface area (Å²) >= 11 is 0. The summed E-state index contributed by atoms with van der Waals surface area (Å²) in [5, 5.41) is 7.46. The average molecular weight is 236 g/mol. The van der Waals surface area contributed by atoms with Crippen LogP contribution in [-0.4, -0.2) is 27.8 Å². The Kier molecular flexibility index (Phi) is 3.78. The molecule has 3 N–H and O–H groups in total. The van der Waals surface area contributed by atoms with Crippen LogP contribution in [0, 0.1) is 0 Å². The Bertz CT molecular complexity index is 355. The fourth-order valence-electron chi connectivity index (χ4n) is 2.51. The molecule has 0 spiro atoms. The Hall–Kier alpha value is -1.36. The molecule has 0 bridgehead atoms. The molecule has 1 heterocycles. The van der Waals surface area contributed by atoms with Gasteiger partial charge >= 0.3 is 0 Å². The van der Waals surface area contributed by atoms with Crippen LogP contribution in [0.15, 0.2) is 18.5 Å². The minimum atomic E-state index is -0.481. The van der Waals surface area contributed by atoms with Crippen molar-refractivity contribution < 1.29 is 4.79 Å². The lowest BCUT2D eigenvalue weighted by molar-refractivity contribution is -0.125. The Balaban J connectivity index is 1.87. The monoisotopic (exact) mass is 236 g/mol. The molecule has 0 atom stereocenters. The van der Waals surface area contributed by atoms with E-state index in [0.29, 0.717) is 0 Å². The zero-order chi connectivity index (χ0) is 12.1. The average Bonchev–Trinajstić information content (AvgIpc) is 2.83. The van der Waals surface area contributed by atoms with Gasteiger partial charge in [-0.25, -0.2) is 0 Å². The van der Waals surface area contributed by atoms with Crippen LogP contribution >= 0.6 is 0 Å². The zero-order valence-electron chi connectivity index (χ0n) is 10.1. The topological polar surface area (TPSA) is 72.9 Å². The maximum absolute atomic E-state index is 11.6. The van der Waals surface area contributed by atoms with Gasteiger partial charge in [-0.2, -0.15) is 5.10 Å². The summed E-state index contributed by atoms with van der Waals surface area (Å²) in [5.74, 6) is -0.210. The Morgan fingerprint density at radius 3 is 2.76 bits per heavy atom. The summed E-state index contributed by atoms with van der Waals surface area (Å²) < 4.78 is 1.85. The molecule has 17 heavy (non-hydrogen) atoms. The van der Waals surface area contributed by atoms with Crippen LogP contribution < -0.4 is 11.1 Å². The summed E-state index contributed by atoms with van der Waals surface area (Å²) in [5.41, 5.74) is 5.06. The molecule has 0 saturated heterocycles. The van der Waals surface area contributed by atoms with Gasteiger partial charge in [-0.1, -0.05) is 19.3 Å². The third kappa shape index (κ3) is 2.85. The van der Waals surface area contributed by atoms with E-state index >= 15 is 0 Å². The van der Waals surface area contributed by atoms with Crippen LogP contribution in [0.4, 0.5) is 0 Å². The first-order valence-electron chi connectivity index (χ1n) is 6.25. The van der Waals surface area contributed by atoms with Crippen LogP contribution in [0.25, 0.3) is 0 Å². The number of nitrogens with zero attached hydrogens (tertiary/aromatic N) is 2. The van der Waals surface area contributed by atoms with Crippen molar-refractivity contribution in [1.82, 2.24) is 15.1 Å². The quantitative estimate of drug-likeness (QED) is 0.789. The Labute approximate surface area is 101 Å². The van der Waals surface area contributed by atoms with E-state index in [2.05, 4.69) is 10.4 Å². The molecule has 94 valence electrons. The highest BCUT2D eigenvalue weighted by Gasteiger charge is 2.36. The molecule has 1 amide bonds. The number of aromatic nitrogens is 2. The number of amides is 1. The number of nitrogens with one attached hydrogen (secondary N) is 1. The predicted octanol–water partition coefficient (Wildman–Crippen LogP) is 0.661. The van der Waals surface area contributed by atoms with Gasteiger partial charge in [-0.15, -0.1) is 0 Å². The van der Waals surface area contributed by atoms with E-state index in [1.54, 1.807) is 6.20 Å². The zero-order valence-corrected chi connectivity index (χ0v) is 10.1. The second-order valence-electron chi connectivity index (χ2n) is 4.70. The standard InChI is InChI=1S/C12H20N4O/c13-11(17)12(5-2-1-3-6-12)14-8-10-16-9-4-7-15-16/h4,7,9,14H,1-3,5-6,8,10H2,(H2,13,17). The first-order valence-corrected chi connectivity index (χ1v) is 6.25. The second-order valence-corrected chi connectivity index (χ2v) is 4.70. The van der Waals surface area contributed by atoms with Crippen molar-refractivity contribution >= 4 is 5.91 Å². The number of hydrogen-bond donors (Lipinski definition) is 2. The van der Waals surface area contributed by atoms with Gasteiger partial charge in [-0.05, 0) is 18.9 Å². The molecule has 5 heteroatoms. The third-order valence-electron chi connectivity index (χ3n) is 3.54. The third-order valence-corrected chi connectivity index (χ3v) is 3.54. The molecule has 0 aromatic carbocycles. The second kappa shape index (κ2) is 5.31. The van der Waals surface area contributed by atoms with E-state index in [1.807, 2.05) is 16.9 Å². The van der Waals surface area contributed by atoms with Gasteiger partial charge in [0.2, 0.25) is 5.91 Å². The van der Waals surface area contributed by atoms with Crippen LogP contribution in [0.2, 0.25) is 0 Å². The van der Waals surface area contributed by atoms with Crippen molar-refractivity contribution in [2.24, 2.45) is 5.73 Å². The van der Waals surface area contributed by atoms with E-state index < -0.39 is 5.54 Å². The SMILES string of the molecule is NC(=O)C1(NCCn2cccn2)CCCCC1. The van der Waals surface area contributed by atoms with Gasteiger partial charge in [0.05, 0.1) is 12.1 Å². The maximum atomic E-state index is 11.6. The summed E-state index contributed by atoms with van der Waals surface area (Å²) in [6.07, 6.45) is 8.76. The van der Waals surface area contributed by atoms with E-state index in [-0.39, 0.29) is 5.91 Å². The molecular weight excluding hydrogens is 216 g/mol. The first kappa shape index (κ1) is 12.1. The van der Waals surface area contributed by atoms with Gasteiger partial charge in [0.15, 0.2) is 0 Å². The molecule has 1 aliphatic carbocycles. The van der Waals surface area contributed by atoms with E-state index in [1.165, 1.54) is 6.42 Å². The highest BCUT2D eigenvalue weighted by molar-refractivity contribution is 5.84. The molecule has 1 saturated carbocycles. The Morgan fingerprint density at radius 1 is 1.41 bits per heavy atom. The maximum Gasteiger partial charge on any atom is 0.237 e. The van der Waals surface area contributed by atoms with Crippen LogP contribution in [0.5, 0.6) is 0 Å². The van der Waals surface area contributed by atoms with Crippen molar-refractivity contribution in [2.75, 3.05) is 6.54 Å². The molecule has 0 aliphatic heterocycles. The van der Waals surface area contributed by atoms with Gasteiger partial charge in [0.25, 0.3) is 0 Å². The molecule has 2 rings (SSSR count). The number of rotatable bonds is 5. The molecule has 1 aliphatic rings. The number of primary amides is 1. The first-order chi connectivity index (χ1) is 8.23. The van der Waals surface area contributed by atoms with Crippen molar-refractivity contribution in [3.8, 4) is 0 Å². The summed E-state index contributed by atoms with van der Waals surface area (Å²) in [6, 6.07) is 1.89. The van der Waals surface area contributed by atoms with Crippen molar-refractivity contribution in [3.05, 3.63) is 18.5 Å². The molecule has 0 unspecified atom stereocenters. The number of hydrogen-bond acceptors (Lipinski definition) is 3. The van der Waals surface area contributed by atoms with Gasteiger partial charge in [0, 0.05) is 18.9 Å². The molecule has 1 fully saturated rings. The van der Waals surface area contributed by atoms with Crippen molar-refractivity contribution in [1.29, 1.82) is 0 Å². The van der Waals surface area contributed by atoms with Gasteiger partial charge in [-0.3, -0.25) is 9.48 Å². The summed E-state index contributed by atoms with van der Waals surface area (Å²) in [7, 11) is 0. The largest absolute Gasteiger partial charge is 0.368 e. The molecule has 0 radical (unpaired) electrons. The lowest BCUT2D eigenvalue weighted by Gasteiger charge is -2.35. The smallest absolute Gasteiger partial charge is 0.237 e. The highest BCUT2D eigenvalue weighted by atomic mass is 16.1. The van der Waals surface area contributed by atoms with Gasteiger partial charge < -0.3 is 11.1 Å². The number of carbonyl (C=O) groups is 1. The van der Waals surface area contributed by atoms with Crippen molar-refractivity contribution in [2.45, 2.75) is 44.2 Å².